The summed E-state index contributed by atoms with van der Waals surface area (Å²) in [6, 6.07) is 9.04. The molecule has 0 aliphatic carbocycles. The molecule has 1 amide bonds. The first-order valence-electron chi connectivity index (χ1n) is 11.0. The number of piperidine rings is 1. The Bertz CT molecular complexity index is 1090. The zero-order valence-electron chi connectivity index (χ0n) is 18.1. The van der Waals surface area contributed by atoms with Crippen LogP contribution in [0, 0.1) is 5.92 Å². The second-order valence-corrected chi connectivity index (χ2v) is 9.45. The van der Waals surface area contributed by atoms with Crippen LogP contribution >= 0.6 is 23.2 Å². The minimum atomic E-state index is -4.48. The van der Waals surface area contributed by atoms with E-state index in [1.807, 2.05) is 17.0 Å². The fraction of sp³-hybridized carbons (Fsp3) is 0.417. The SMILES string of the molecule is O=C(O)C1CCC(c2ccccc2Cl)N1C(=O)C1CCN(c2ccc(C(F)(F)F)cc2Cl)CC1. The fourth-order valence-electron chi connectivity index (χ4n) is 4.93. The number of aliphatic carboxylic acids is 1. The van der Waals surface area contributed by atoms with Gasteiger partial charge in [-0.1, -0.05) is 41.4 Å². The molecule has 0 radical (unpaired) electrons. The molecule has 182 valence electrons. The van der Waals surface area contributed by atoms with Crippen molar-refractivity contribution in [1.82, 2.24) is 4.90 Å². The summed E-state index contributed by atoms with van der Waals surface area (Å²) in [6.45, 7) is 0.841. The predicted molar refractivity (Wildman–Crippen MR) is 123 cm³/mol. The smallest absolute Gasteiger partial charge is 0.416 e. The lowest BCUT2D eigenvalue weighted by atomic mass is 9.93. The van der Waals surface area contributed by atoms with Crippen LogP contribution in [0.25, 0.3) is 0 Å². The molecule has 2 aromatic carbocycles. The van der Waals surface area contributed by atoms with Crippen molar-refractivity contribution in [2.45, 2.75) is 43.9 Å². The second kappa shape index (κ2) is 9.66. The minimum absolute atomic E-state index is 0.00358. The number of amides is 1. The average Bonchev–Trinajstić information content (AvgIpc) is 3.23. The van der Waals surface area contributed by atoms with Gasteiger partial charge in [-0.3, -0.25) is 4.79 Å². The number of carboxylic acid groups (broad SMARTS) is 1. The van der Waals surface area contributed by atoms with Crippen molar-refractivity contribution < 1.29 is 27.9 Å². The number of alkyl halides is 3. The largest absolute Gasteiger partial charge is 0.480 e. The van der Waals surface area contributed by atoms with Gasteiger partial charge < -0.3 is 14.9 Å². The highest BCUT2D eigenvalue weighted by molar-refractivity contribution is 6.33. The van der Waals surface area contributed by atoms with Crippen LogP contribution in [0.4, 0.5) is 18.9 Å². The maximum atomic E-state index is 13.5. The lowest BCUT2D eigenvalue weighted by Crippen LogP contribution is -2.47. The minimum Gasteiger partial charge on any atom is -0.480 e. The Balaban J connectivity index is 1.49. The van der Waals surface area contributed by atoms with Crippen LogP contribution in [0.2, 0.25) is 10.0 Å². The molecule has 2 saturated heterocycles. The van der Waals surface area contributed by atoms with Crippen LogP contribution in [-0.2, 0) is 15.8 Å². The third kappa shape index (κ3) is 4.84. The van der Waals surface area contributed by atoms with Crippen LogP contribution in [0.1, 0.15) is 42.9 Å². The number of rotatable bonds is 4. The Labute approximate surface area is 205 Å². The van der Waals surface area contributed by atoms with Gasteiger partial charge in [-0.25, -0.2) is 4.79 Å². The molecule has 2 unspecified atom stereocenters. The van der Waals surface area contributed by atoms with E-state index in [4.69, 9.17) is 23.2 Å². The molecule has 0 spiro atoms. The Morgan fingerprint density at radius 1 is 0.941 bits per heavy atom. The molecule has 1 N–H and O–H groups in total. The van der Waals surface area contributed by atoms with Gasteiger partial charge in [0.1, 0.15) is 6.04 Å². The number of likely N-dealkylation sites (tertiary alicyclic amines) is 1. The average molecular weight is 515 g/mol. The van der Waals surface area contributed by atoms with Crippen molar-refractivity contribution in [2.75, 3.05) is 18.0 Å². The summed E-state index contributed by atoms with van der Waals surface area (Å²) < 4.78 is 38.8. The maximum Gasteiger partial charge on any atom is 0.416 e. The molecule has 0 aromatic heterocycles. The quantitative estimate of drug-likeness (QED) is 0.539. The van der Waals surface area contributed by atoms with Gasteiger partial charge in [0.2, 0.25) is 5.91 Å². The summed E-state index contributed by atoms with van der Waals surface area (Å²) in [5.41, 5.74) is 0.403. The number of benzene rings is 2. The standard InChI is InChI=1S/C24H23Cl2F3N2O3/c25-17-4-2-1-3-16(17)19-7-8-21(23(33)34)31(19)22(32)14-9-11-30(12-10-14)20-6-5-15(13-18(20)26)24(27,28)29/h1-6,13-14,19,21H,7-12H2,(H,33,34). The van der Waals surface area contributed by atoms with E-state index in [0.717, 1.165) is 17.7 Å². The molecule has 2 fully saturated rings. The van der Waals surface area contributed by atoms with Crippen LogP contribution in [-0.4, -0.2) is 41.0 Å². The van der Waals surface area contributed by atoms with Gasteiger partial charge in [0.15, 0.2) is 0 Å². The Morgan fingerprint density at radius 3 is 2.21 bits per heavy atom. The predicted octanol–water partition coefficient (Wildman–Crippen LogP) is 6.05. The summed E-state index contributed by atoms with van der Waals surface area (Å²) in [7, 11) is 0. The monoisotopic (exact) mass is 514 g/mol. The van der Waals surface area contributed by atoms with Gasteiger partial charge in [0.25, 0.3) is 0 Å². The van der Waals surface area contributed by atoms with E-state index in [0.29, 0.717) is 49.5 Å². The number of carboxylic acids is 1. The molecule has 4 rings (SSSR count). The van der Waals surface area contributed by atoms with Crippen molar-refractivity contribution in [3.8, 4) is 0 Å². The van der Waals surface area contributed by atoms with E-state index in [9.17, 15) is 27.9 Å². The summed E-state index contributed by atoms with van der Waals surface area (Å²) >= 11 is 12.5. The fourth-order valence-corrected chi connectivity index (χ4v) is 5.49. The van der Waals surface area contributed by atoms with E-state index < -0.39 is 35.7 Å². The zero-order valence-corrected chi connectivity index (χ0v) is 19.6. The number of nitrogens with zero attached hydrogens (tertiary/aromatic N) is 2. The molecule has 34 heavy (non-hydrogen) atoms. The van der Waals surface area contributed by atoms with E-state index in [-0.39, 0.29) is 10.9 Å². The molecule has 0 saturated carbocycles. The summed E-state index contributed by atoms with van der Waals surface area (Å²) in [5, 5.41) is 10.2. The molecule has 2 aromatic rings. The van der Waals surface area contributed by atoms with Crippen LogP contribution < -0.4 is 4.90 Å². The van der Waals surface area contributed by atoms with E-state index >= 15 is 0 Å². The molecule has 2 aliphatic rings. The van der Waals surface area contributed by atoms with Gasteiger partial charge in [-0.05, 0) is 55.5 Å². The van der Waals surface area contributed by atoms with Crippen molar-refractivity contribution in [3.63, 3.8) is 0 Å². The molecule has 2 aliphatic heterocycles. The van der Waals surface area contributed by atoms with E-state index in [2.05, 4.69) is 0 Å². The highest BCUT2D eigenvalue weighted by atomic mass is 35.5. The highest BCUT2D eigenvalue weighted by Crippen LogP contribution is 2.42. The molecular weight excluding hydrogens is 492 g/mol. The first-order chi connectivity index (χ1) is 16.1. The van der Waals surface area contributed by atoms with Crippen LogP contribution in [0.5, 0.6) is 0 Å². The van der Waals surface area contributed by atoms with E-state index in [1.165, 1.54) is 11.0 Å². The molecule has 0 bridgehead atoms. The third-order valence-electron chi connectivity index (χ3n) is 6.65. The summed E-state index contributed by atoms with van der Waals surface area (Å²) in [5.74, 6) is -1.67. The Morgan fingerprint density at radius 2 is 1.62 bits per heavy atom. The van der Waals surface area contributed by atoms with Crippen molar-refractivity contribution >= 4 is 40.8 Å². The first-order valence-corrected chi connectivity index (χ1v) is 11.7. The lowest BCUT2D eigenvalue weighted by molar-refractivity contribution is -0.152. The molecule has 2 atom stereocenters. The highest BCUT2D eigenvalue weighted by Gasteiger charge is 2.44. The lowest BCUT2D eigenvalue weighted by Gasteiger charge is -2.37. The van der Waals surface area contributed by atoms with Crippen molar-refractivity contribution in [3.05, 3.63) is 63.6 Å². The topological polar surface area (TPSA) is 60.9 Å². The van der Waals surface area contributed by atoms with Gasteiger partial charge >= 0.3 is 12.1 Å². The number of anilines is 1. The molecular formula is C24H23Cl2F3N2O3. The van der Waals surface area contributed by atoms with Gasteiger partial charge in [-0.15, -0.1) is 0 Å². The molecule has 10 heteroatoms. The van der Waals surface area contributed by atoms with Gasteiger partial charge in [0.05, 0.1) is 22.3 Å². The van der Waals surface area contributed by atoms with Gasteiger partial charge in [0, 0.05) is 24.0 Å². The number of hydrogen-bond acceptors (Lipinski definition) is 3. The van der Waals surface area contributed by atoms with Gasteiger partial charge in [-0.2, -0.15) is 13.2 Å². The first kappa shape index (κ1) is 24.7. The summed E-state index contributed by atoms with van der Waals surface area (Å²) in [6.07, 6.45) is -2.75. The second-order valence-electron chi connectivity index (χ2n) is 8.64. The van der Waals surface area contributed by atoms with Crippen molar-refractivity contribution in [2.24, 2.45) is 5.92 Å². The number of hydrogen-bond donors (Lipinski definition) is 1. The molecule has 5 nitrogen and oxygen atoms in total. The van der Waals surface area contributed by atoms with Crippen molar-refractivity contribution in [1.29, 1.82) is 0 Å². The number of carbonyl (C=O) groups excluding carboxylic acids is 1. The normalized spacial score (nSPS) is 21.7. The van der Waals surface area contributed by atoms with E-state index in [1.54, 1.807) is 12.1 Å². The Kier molecular flexibility index (Phi) is 7.01. The number of carbonyl (C=O) groups is 2. The third-order valence-corrected chi connectivity index (χ3v) is 7.30. The van der Waals surface area contributed by atoms with Crippen LogP contribution in [0.15, 0.2) is 42.5 Å². The maximum absolute atomic E-state index is 13.5. The van der Waals surface area contributed by atoms with Crippen LogP contribution in [0.3, 0.4) is 0 Å². The number of halogens is 5. The Hall–Kier alpha value is -2.45. The summed E-state index contributed by atoms with van der Waals surface area (Å²) in [4.78, 5) is 28.8. The zero-order chi connectivity index (χ0) is 24.6. The molecule has 2 heterocycles.